The third-order valence-electron chi connectivity index (χ3n) is 8.28. The molecule has 0 aliphatic carbocycles. The van der Waals surface area contributed by atoms with Gasteiger partial charge in [0, 0.05) is 36.9 Å². The second-order valence-corrected chi connectivity index (χ2v) is 12.6. The van der Waals surface area contributed by atoms with Crippen molar-refractivity contribution < 1.29 is 0 Å². The molecule has 0 spiro atoms. The Morgan fingerprint density at radius 1 is 0.356 bits per heavy atom. The van der Waals surface area contributed by atoms with Gasteiger partial charge in [-0.1, -0.05) is 126 Å². The van der Waals surface area contributed by atoms with Crippen LogP contribution in [-0.2, 0) is 0 Å². The molecular formula is C41H29N3S. The van der Waals surface area contributed by atoms with Gasteiger partial charge in [0.2, 0.25) is 0 Å². The van der Waals surface area contributed by atoms with E-state index in [9.17, 15) is 0 Å². The van der Waals surface area contributed by atoms with Crippen LogP contribution in [0.15, 0.2) is 140 Å². The summed E-state index contributed by atoms with van der Waals surface area (Å²) in [4.78, 5) is 14.8. The normalized spacial score (nSPS) is 11.3. The Labute approximate surface area is 266 Å². The van der Waals surface area contributed by atoms with E-state index in [2.05, 4.69) is 153 Å². The van der Waals surface area contributed by atoms with Gasteiger partial charge >= 0.3 is 0 Å². The number of benzene rings is 6. The molecule has 0 aliphatic rings. The van der Waals surface area contributed by atoms with Crippen LogP contribution in [0.5, 0.6) is 0 Å². The minimum atomic E-state index is 0.657. The molecule has 2 heterocycles. The lowest BCUT2D eigenvalue weighted by atomic mass is 9.97. The van der Waals surface area contributed by atoms with E-state index in [1.165, 1.54) is 42.4 Å². The lowest BCUT2D eigenvalue weighted by Gasteiger charge is -2.11. The Morgan fingerprint density at radius 3 is 1.40 bits per heavy atom. The van der Waals surface area contributed by atoms with Crippen LogP contribution in [0.2, 0.25) is 0 Å². The molecule has 6 aromatic carbocycles. The number of hydrogen-bond donors (Lipinski definition) is 0. The molecule has 0 atom stereocenters. The average Bonchev–Trinajstić information content (AvgIpc) is 3.47. The summed E-state index contributed by atoms with van der Waals surface area (Å²) in [5.74, 6) is 1.99. The SMILES string of the molecule is Cc1ccc(-c2nc(-c3ccc(C)cc3)nc(-c3cccc(-c4cccc(-c5ccc6c(c5)sc5ccccc56)c4)c3)n2)cc1. The van der Waals surface area contributed by atoms with Crippen molar-refractivity contribution in [1.82, 2.24) is 15.0 Å². The summed E-state index contributed by atoms with van der Waals surface area (Å²) in [7, 11) is 0. The van der Waals surface area contributed by atoms with Gasteiger partial charge in [0.15, 0.2) is 17.5 Å². The number of aromatic nitrogens is 3. The van der Waals surface area contributed by atoms with Crippen LogP contribution in [0.4, 0.5) is 0 Å². The first-order chi connectivity index (χ1) is 22.1. The molecule has 0 bridgehead atoms. The molecule has 8 rings (SSSR count). The highest BCUT2D eigenvalue weighted by Gasteiger charge is 2.14. The number of hydrogen-bond acceptors (Lipinski definition) is 4. The van der Waals surface area contributed by atoms with E-state index < -0.39 is 0 Å². The fraction of sp³-hybridized carbons (Fsp3) is 0.0488. The zero-order chi connectivity index (χ0) is 30.3. The van der Waals surface area contributed by atoms with E-state index in [1.807, 2.05) is 11.3 Å². The lowest BCUT2D eigenvalue weighted by Crippen LogP contribution is -2.00. The Morgan fingerprint density at radius 2 is 0.800 bits per heavy atom. The Hall–Kier alpha value is -5.45. The van der Waals surface area contributed by atoms with E-state index in [0.29, 0.717) is 17.5 Å². The number of rotatable bonds is 5. The van der Waals surface area contributed by atoms with Crippen molar-refractivity contribution in [2.45, 2.75) is 13.8 Å². The molecule has 0 unspecified atom stereocenters. The highest BCUT2D eigenvalue weighted by atomic mass is 32.1. The van der Waals surface area contributed by atoms with Gasteiger partial charge in [0.05, 0.1) is 0 Å². The summed E-state index contributed by atoms with van der Waals surface area (Å²) < 4.78 is 2.63. The van der Waals surface area contributed by atoms with Crippen molar-refractivity contribution in [2.75, 3.05) is 0 Å². The molecular weight excluding hydrogens is 567 g/mol. The first kappa shape index (κ1) is 27.1. The van der Waals surface area contributed by atoms with E-state index in [1.54, 1.807) is 0 Å². The fourth-order valence-electron chi connectivity index (χ4n) is 5.79. The number of nitrogens with zero attached hydrogens (tertiary/aromatic N) is 3. The van der Waals surface area contributed by atoms with E-state index >= 15 is 0 Å². The Balaban J connectivity index is 1.19. The molecule has 0 aliphatic heterocycles. The largest absolute Gasteiger partial charge is 0.208 e. The summed E-state index contributed by atoms with van der Waals surface area (Å²) in [5.41, 5.74) is 9.97. The summed E-state index contributed by atoms with van der Waals surface area (Å²) in [6.07, 6.45) is 0. The summed E-state index contributed by atoms with van der Waals surface area (Å²) in [6.45, 7) is 4.17. The molecule has 0 amide bonds. The minimum Gasteiger partial charge on any atom is -0.208 e. The first-order valence-corrected chi connectivity index (χ1v) is 15.9. The van der Waals surface area contributed by atoms with Gasteiger partial charge in [-0.15, -0.1) is 11.3 Å². The van der Waals surface area contributed by atoms with Gasteiger partial charge in [0.1, 0.15) is 0 Å². The minimum absolute atomic E-state index is 0.657. The molecule has 0 radical (unpaired) electrons. The van der Waals surface area contributed by atoms with Crippen LogP contribution in [0.3, 0.4) is 0 Å². The molecule has 0 saturated heterocycles. The zero-order valence-corrected chi connectivity index (χ0v) is 25.8. The third kappa shape index (κ3) is 5.30. The molecule has 8 aromatic rings. The fourth-order valence-corrected chi connectivity index (χ4v) is 6.94. The van der Waals surface area contributed by atoms with Crippen LogP contribution in [0.1, 0.15) is 11.1 Å². The van der Waals surface area contributed by atoms with Crippen LogP contribution in [0, 0.1) is 13.8 Å². The molecule has 4 heteroatoms. The first-order valence-electron chi connectivity index (χ1n) is 15.1. The van der Waals surface area contributed by atoms with E-state index in [-0.39, 0.29) is 0 Å². The van der Waals surface area contributed by atoms with E-state index in [0.717, 1.165) is 27.8 Å². The lowest BCUT2D eigenvalue weighted by molar-refractivity contribution is 1.07. The summed E-state index contributed by atoms with van der Waals surface area (Å²) in [6, 6.07) is 49.4. The summed E-state index contributed by atoms with van der Waals surface area (Å²) in [5, 5.41) is 2.64. The maximum atomic E-state index is 4.97. The Kier molecular flexibility index (Phi) is 6.77. The predicted octanol–water partition coefficient (Wildman–Crippen LogP) is 11.2. The van der Waals surface area contributed by atoms with Crippen molar-refractivity contribution in [2.24, 2.45) is 0 Å². The predicted molar refractivity (Wildman–Crippen MR) is 189 cm³/mol. The maximum Gasteiger partial charge on any atom is 0.164 e. The monoisotopic (exact) mass is 595 g/mol. The maximum absolute atomic E-state index is 4.97. The molecule has 45 heavy (non-hydrogen) atoms. The average molecular weight is 596 g/mol. The highest BCUT2D eigenvalue weighted by molar-refractivity contribution is 7.25. The molecule has 0 saturated carbocycles. The molecule has 3 nitrogen and oxygen atoms in total. The van der Waals surface area contributed by atoms with Crippen molar-refractivity contribution in [3.05, 3.63) is 151 Å². The van der Waals surface area contributed by atoms with Crippen molar-refractivity contribution >= 4 is 31.5 Å². The molecule has 0 N–H and O–H groups in total. The van der Waals surface area contributed by atoms with Gasteiger partial charge in [-0.05, 0) is 60.4 Å². The van der Waals surface area contributed by atoms with Crippen molar-refractivity contribution in [1.29, 1.82) is 0 Å². The van der Waals surface area contributed by atoms with E-state index in [4.69, 9.17) is 15.0 Å². The number of fused-ring (bicyclic) bond motifs is 3. The van der Waals surface area contributed by atoms with Gasteiger partial charge in [-0.3, -0.25) is 0 Å². The van der Waals surface area contributed by atoms with Crippen LogP contribution < -0.4 is 0 Å². The number of thiophene rings is 1. The molecule has 2 aromatic heterocycles. The van der Waals surface area contributed by atoms with Gasteiger partial charge in [-0.25, -0.2) is 15.0 Å². The quantitative estimate of drug-likeness (QED) is 0.199. The van der Waals surface area contributed by atoms with Crippen LogP contribution in [-0.4, -0.2) is 15.0 Å². The van der Waals surface area contributed by atoms with Gasteiger partial charge < -0.3 is 0 Å². The summed E-state index contributed by atoms with van der Waals surface area (Å²) >= 11 is 1.85. The van der Waals surface area contributed by atoms with Crippen LogP contribution in [0.25, 0.3) is 76.6 Å². The smallest absolute Gasteiger partial charge is 0.164 e. The second kappa shape index (κ2) is 11.2. The van der Waals surface area contributed by atoms with Gasteiger partial charge in [0.25, 0.3) is 0 Å². The zero-order valence-electron chi connectivity index (χ0n) is 25.0. The molecule has 0 fully saturated rings. The topological polar surface area (TPSA) is 38.7 Å². The van der Waals surface area contributed by atoms with Crippen molar-refractivity contribution in [3.63, 3.8) is 0 Å². The standard InChI is InChI=1S/C41H29N3S/c1-26-13-17-28(18-14-26)39-42-40(29-19-15-27(2)16-20-29)44-41(43-39)34-10-6-9-32(24-34)30-7-5-8-31(23-30)33-21-22-36-35-11-3-4-12-37(35)45-38(36)25-33/h3-25H,1-2H3. The highest BCUT2D eigenvalue weighted by Crippen LogP contribution is 2.37. The van der Waals surface area contributed by atoms with Crippen LogP contribution >= 0.6 is 11.3 Å². The van der Waals surface area contributed by atoms with Gasteiger partial charge in [-0.2, -0.15) is 0 Å². The third-order valence-corrected chi connectivity index (χ3v) is 9.42. The number of aryl methyl sites for hydroxylation is 2. The van der Waals surface area contributed by atoms with Crippen molar-refractivity contribution in [3.8, 4) is 56.4 Å². The second-order valence-electron chi connectivity index (χ2n) is 11.5. The Bertz CT molecular complexity index is 2270. The molecule has 214 valence electrons.